The zero-order chi connectivity index (χ0) is 43.8. The van der Waals surface area contributed by atoms with Gasteiger partial charge in [0.1, 0.15) is 51.7 Å². The van der Waals surface area contributed by atoms with Crippen molar-refractivity contribution < 1.29 is 84.9 Å². The number of hydrogen-bond donors (Lipinski definition) is 11. The number of ketones is 6. The molecule has 0 heterocycles. The van der Waals surface area contributed by atoms with E-state index in [4.69, 9.17) is 0 Å². The maximum atomic E-state index is 12.4. The first-order chi connectivity index (χ1) is 28.3. The predicted molar refractivity (Wildman–Crippen MR) is 202 cm³/mol. The van der Waals surface area contributed by atoms with Gasteiger partial charge in [0.15, 0.2) is 23.1 Å². The standard InChI is InChI=1S/C15H10O5.2C14H8O6/c1-6-2-8-12(10(17)3-6)15(20)13-9(14(8)19)4-7(16)5-11(13)18;15-6-3-4-7(16)11-10(6)12(18)5-1-2-8(17)13(19)9(5)14(11)20;15-5-1-2-6(16)10-9(5)13(19)11-7(17)3-4-8(18)12(11)14(10)20/h2-5,16-18H,1H3;1-4,15-17,19H;1-4,15-18H. The molecule has 0 bridgehead atoms. The maximum Gasteiger partial charge on any atom is 0.202 e. The van der Waals surface area contributed by atoms with Crippen molar-refractivity contribution in [3.05, 3.63) is 145 Å². The van der Waals surface area contributed by atoms with Gasteiger partial charge in [0.25, 0.3) is 0 Å². The Bertz CT molecular complexity index is 2770. The summed E-state index contributed by atoms with van der Waals surface area (Å²) in [7, 11) is 0. The number of carbonyl (C=O) groups excluding carboxylic acids is 6. The summed E-state index contributed by atoms with van der Waals surface area (Å²) in [5, 5.41) is 107. The molecule has 0 saturated carbocycles. The monoisotopic (exact) mass is 814 g/mol. The first-order valence-corrected chi connectivity index (χ1v) is 17.1. The molecule has 6 aromatic rings. The minimum absolute atomic E-state index is 0.0648. The molecule has 17 nitrogen and oxygen atoms in total. The van der Waals surface area contributed by atoms with E-state index in [9.17, 15) is 84.9 Å². The third kappa shape index (κ3) is 5.88. The summed E-state index contributed by atoms with van der Waals surface area (Å²) in [6, 6.07) is 13.7. The van der Waals surface area contributed by atoms with Crippen LogP contribution in [0.5, 0.6) is 63.2 Å². The fourth-order valence-corrected chi connectivity index (χ4v) is 7.11. The third-order valence-corrected chi connectivity index (χ3v) is 9.78. The summed E-state index contributed by atoms with van der Waals surface area (Å²) in [6.07, 6.45) is 0. The van der Waals surface area contributed by atoms with Crippen molar-refractivity contribution in [1.29, 1.82) is 0 Å². The number of phenols is 11. The zero-order valence-corrected chi connectivity index (χ0v) is 30.3. The Morgan fingerprint density at radius 2 is 0.617 bits per heavy atom. The number of fused-ring (bicyclic) bond motifs is 6. The summed E-state index contributed by atoms with van der Waals surface area (Å²) in [5.74, 6) is -9.57. The Morgan fingerprint density at radius 1 is 0.283 bits per heavy atom. The predicted octanol–water partition coefficient (Wildman–Crippen LogP) is 4.46. The molecule has 60 heavy (non-hydrogen) atoms. The molecule has 0 spiro atoms. The molecule has 0 aromatic heterocycles. The molecule has 9 rings (SSSR count). The lowest BCUT2D eigenvalue weighted by molar-refractivity contribution is 0.0969. The van der Waals surface area contributed by atoms with Gasteiger partial charge in [0, 0.05) is 22.8 Å². The first kappa shape index (κ1) is 39.4. The van der Waals surface area contributed by atoms with Gasteiger partial charge >= 0.3 is 0 Å². The Balaban J connectivity index is 0.000000136. The van der Waals surface area contributed by atoms with Gasteiger partial charge in [-0.2, -0.15) is 0 Å². The van der Waals surface area contributed by atoms with Crippen LogP contribution in [-0.4, -0.2) is 90.9 Å². The highest BCUT2D eigenvalue weighted by atomic mass is 16.3. The molecular formula is C43H26O17. The van der Waals surface area contributed by atoms with E-state index < -0.39 is 86.4 Å². The van der Waals surface area contributed by atoms with Gasteiger partial charge in [0.2, 0.25) is 23.1 Å². The molecule has 0 aliphatic heterocycles. The van der Waals surface area contributed by atoms with Crippen LogP contribution in [0.4, 0.5) is 0 Å². The Hall–Kier alpha value is -8.86. The van der Waals surface area contributed by atoms with Gasteiger partial charge in [-0.25, -0.2) is 0 Å². The second-order valence-corrected chi connectivity index (χ2v) is 13.5. The van der Waals surface area contributed by atoms with Crippen molar-refractivity contribution in [1.82, 2.24) is 0 Å². The molecule has 0 radical (unpaired) electrons. The minimum Gasteiger partial charge on any atom is -0.508 e. The van der Waals surface area contributed by atoms with Crippen molar-refractivity contribution >= 4 is 34.7 Å². The first-order valence-electron chi connectivity index (χ1n) is 17.1. The molecule has 0 saturated heterocycles. The quantitative estimate of drug-likeness (QED) is 0.0743. The molecule has 11 N–H and O–H groups in total. The van der Waals surface area contributed by atoms with Gasteiger partial charge in [-0.1, -0.05) is 0 Å². The van der Waals surface area contributed by atoms with Gasteiger partial charge in [0.05, 0.1) is 50.1 Å². The molecule has 0 unspecified atom stereocenters. The van der Waals surface area contributed by atoms with Crippen LogP contribution in [0.15, 0.2) is 72.8 Å². The topological polar surface area (TPSA) is 325 Å². The maximum absolute atomic E-state index is 12.4. The van der Waals surface area contributed by atoms with E-state index in [2.05, 4.69) is 0 Å². The van der Waals surface area contributed by atoms with Crippen LogP contribution in [0.2, 0.25) is 0 Å². The summed E-state index contributed by atoms with van der Waals surface area (Å²) < 4.78 is 0. The minimum atomic E-state index is -0.837. The van der Waals surface area contributed by atoms with Crippen LogP contribution in [0, 0.1) is 6.92 Å². The highest BCUT2D eigenvalue weighted by Crippen LogP contribution is 2.45. The van der Waals surface area contributed by atoms with Crippen molar-refractivity contribution in [2.24, 2.45) is 0 Å². The van der Waals surface area contributed by atoms with E-state index in [-0.39, 0.29) is 78.3 Å². The van der Waals surface area contributed by atoms with E-state index in [1.807, 2.05) is 0 Å². The van der Waals surface area contributed by atoms with E-state index in [1.54, 1.807) is 6.92 Å². The fourth-order valence-electron chi connectivity index (χ4n) is 7.11. The van der Waals surface area contributed by atoms with E-state index >= 15 is 0 Å². The van der Waals surface area contributed by atoms with E-state index in [0.717, 1.165) is 54.6 Å². The third-order valence-electron chi connectivity index (χ3n) is 9.78. The van der Waals surface area contributed by atoms with Crippen molar-refractivity contribution in [3.8, 4) is 63.2 Å². The van der Waals surface area contributed by atoms with Crippen LogP contribution in [0.25, 0.3) is 0 Å². The number of carbonyl (C=O) groups is 6. The molecular weight excluding hydrogens is 788 g/mol. The number of phenolic OH excluding ortho intramolecular Hbond substituents is 11. The van der Waals surface area contributed by atoms with Crippen molar-refractivity contribution in [2.45, 2.75) is 6.92 Å². The lowest BCUT2D eigenvalue weighted by atomic mass is 9.82. The fraction of sp³-hybridized carbons (Fsp3) is 0.0233. The second-order valence-electron chi connectivity index (χ2n) is 13.5. The molecule has 0 fully saturated rings. The SMILES string of the molecule is Cc1cc(O)c2c(c1)C(=O)c1cc(O)cc(O)c1C2=O.O=C1c2c(O)ccc(O)c2C(=O)c2c(O)ccc(O)c21.O=C1c2ccc(O)c(O)c2C(=O)c2c(O)ccc(O)c21. The van der Waals surface area contributed by atoms with Gasteiger partial charge in [-0.05, 0) is 79.2 Å². The largest absolute Gasteiger partial charge is 0.508 e. The number of rotatable bonds is 0. The Morgan fingerprint density at radius 3 is 1.05 bits per heavy atom. The highest BCUT2D eigenvalue weighted by Gasteiger charge is 2.39. The van der Waals surface area contributed by atoms with Gasteiger partial charge < -0.3 is 56.2 Å². The molecule has 300 valence electrons. The smallest absolute Gasteiger partial charge is 0.202 e. The number of aryl methyl sites for hydroxylation is 1. The Labute approximate surface area is 334 Å². The number of aromatic hydroxyl groups is 11. The van der Waals surface area contributed by atoms with E-state index in [1.165, 1.54) is 18.2 Å². The van der Waals surface area contributed by atoms with Gasteiger partial charge in [-0.3, -0.25) is 28.8 Å². The molecule has 0 amide bonds. The zero-order valence-electron chi connectivity index (χ0n) is 30.3. The highest BCUT2D eigenvalue weighted by molar-refractivity contribution is 6.33. The molecule has 3 aliphatic rings. The summed E-state index contributed by atoms with van der Waals surface area (Å²) >= 11 is 0. The molecule has 17 heteroatoms. The average Bonchev–Trinajstić information content (AvgIpc) is 3.18. The van der Waals surface area contributed by atoms with Crippen LogP contribution in [0.3, 0.4) is 0 Å². The lowest BCUT2D eigenvalue weighted by Crippen LogP contribution is -2.21. The van der Waals surface area contributed by atoms with Crippen molar-refractivity contribution in [3.63, 3.8) is 0 Å². The summed E-state index contributed by atoms with van der Waals surface area (Å²) in [4.78, 5) is 73.9. The average molecular weight is 815 g/mol. The van der Waals surface area contributed by atoms with Crippen LogP contribution < -0.4 is 0 Å². The van der Waals surface area contributed by atoms with E-state index in [0.29, 0.717) is 5.56 Å². The van der Waals surface area contributed by atoms with Crippen molar-refractivity contribution in [2.75, 3.05) is 0 Å². The van der Waals surface area contributed by atoms with Crippen LogP contribution >= 0.6 is 0 Å². The number of benzene rings is 6. The summed E-state index contributed by atoms with van der Waals surface area (Å²) in [6.45, 7) is 1.69. The van der Waals surface area contributed by atoms with Gasteiger partial charge in [-0.15, -0.1) is 0 Å². The second kappa shape index (κ2) is 14.0. The molecule has 3 aliphatic carbocycles. The number of hydrogen-bond acceptors (Lipinski definition) is 17. The Kier molecular flexibility index (Phi) is 9.16. The molecule has 0 atom stereocenters. The lowest BCUT2D eigenvalue weighted by Gasteiger charge is -2.20. The van der Waals surface area contributed by atoms with Crippen LogP contribution in [0.1, 0.15) is 101 Å². The van der Waals surface area contributed by atoms with Crippen LogP contribution in [-0.2, 0) is 0 Å². The summed E-state index contributed by atoms with van der Waals surface area (Å²) in [5.41, 5.74) is -2.43. The normalized spacial score (nSPS) is 13.0. The molecule has 6 aromatic carbocycles.